The first-order valence-electron chi connectivity index (χ1n) is 7.44. The molecule has 6 heteroatoms. The lowest BCUT2D eigenvalue weighted by molar-refractivity contribution is -0.116. The standard InChI is InChI=1S/C18H16BrN3O2/c1-12(23)20-13-4-2-5-14(10-13)21-18(24)11-22-9-8-15-16(19)6-3-7-17(15)22/h2-10H,11H2,1H3,(H,20,23)(H,21,24). The van der Waals surface area contributed by atoms with Gasteiger partial charge in [0.2, 0.25) is 11.8 Å². The Hall–Kier alpha value is -2.60. The summed E-state index contributed by atoms with van der Waals surface area (Å²) in [5, 5.41) is 6.61. The van der Waals surface area contributed by atoms with Crippen LogP contribution in [-0.2, 0) is 16.1 Å². The zero-order valence-corrected chi connectivity index (χ0v) is 14.6. The summed E-state index contributed by atoms with van der Waals surface area (Å²) in [7, 11) is 0. The molecule has 0 spiro atoms. The third-order valence-electron chi connectivity index (χ3n) is 3.54. The third kappa shape index (κ3) is 3.65. The Kier molecular flexibility index (Phi) is 4.66. The molecule has 0 aliphatic rings. The number of anilines is 2. The number of nitrogens with zero attached hydrogens (tertiary/aromatic N) is 1. The molecule has 2 N–H and O–H groups in total. The summed E-state index contributed by atoms with van der Waals surface area (Å²) < 4.78 is 2.90. The molecule has 0 radical (unpaired) electrons. The molecular weight excluding hydrogens is 370 g/mol. The summed E-state index contributed by atoms with van der Waals surface area (Å²) in [6, 6.07) is 14.9. The Morgan fingerprint density at radius 3 is 2.50 bits per heavy atom. The molecule has 1 aromatic heterocycles. The lowest BCUT2D eigenvalue weighted by atomic mass is 10.2. The van der Waals surface area contributed by atoms with E-state index in [1.54, 1.807) is 24.3 Å². The molecule has 0 bridgehead atoms. The van der Waals surface area contributed by atoms with E-state index >= 15 is 0 Å². The van der Waals surface area contributed by atoms with Crippen molar-refractivity contribution in [1.82, 2.24) is 4.57 Å². The van der Waals surface area contributed by atoms with Crippen molar-refractivity contribution in [1.29, 1.82) is 0 Å². The SMILES string of the molecule is CC(=O)Nc1cccc(NC(=O)Cn2ccc3c(Br)cccc32)c1. The Bertz CT molecular complexity index is 918. The zero-order chi connectivity index (χ0) is 17.1. The average Bonchev–Trinajstić information content (AvgIpc) is 2.91. The van der Waals surface area contributed by atoms with Crippen LogP contribution in [0.15, 0.2) is 59.2 Å². The second-order valence-electron chi connectivity index (χ2n) is 5.43. The number of aromatic nitrogens is 1. The van der Waals surface area contributed by atoms with Gasteiger partial charge in [-0.2, -0.15) is 0 Å². The molecule has 1 heterocycles. The van der Waals surface area contributed by atoms with Gasteiger partial charge in [-0.25, -0.2) is 0 Å². The molecule has 2 aromatic carbocycles. The van der Waals surface area contributed by atoms with Crippen LogP contribution in [0.25, 0.3) is 10.9 Å². The molecule has 0 unspecified atom stereocenters. The summed E-state index contributed by atoms with van der Waals surface area (Å²) in [5.41, 5.74) is 2.28. The monoisotopic (exact) mass is 385 g/mol. The van der Waals surface area contributed by atoms with Gasteiger partial charge in [0.05, 0.1) is 0 Å². The molecule has 3 aromatic rings. The Labute approximate surface area is 147 Å². The van der Waals surface area contributed by atoms with Crippen LogP contribution in [0, 0.1) is 0 Å². The number of halogens is 1. The minimum Gasteiger partial charge on any atom is -0.338 e. The fourth-order valence-electron chi connectivity index (χ4n) is 2.56. The molecule has 0 saturated carbocycles. The first-order valence-corrected chi connectivity index (χ1v) is 8.23. The van der Waals surface area contributed by atoms with E-state index < -0.39 is 0 Å². The van der Waals surface area contributed by atoms with E-state index in [0.29, 0.717) is 11.4 Å². The highest BCUT2D eigenvalue weighted by Crippen LogP contribution is 2.24. The normalized spacial score (nSPS) is 10.6. The Balaban J connectivity index is 1.73. The minimum atomic E-state index is -0.150. The van der Waals surface area contributed by atoms with E-state index in [1.165, 1.54) is 6.92 Å². The number of nitrogens with one attached hydrogen (secondary N) is 2. The molecule has 122 valence electrons. The third-order valence-corrected chi connectivity index (χ3v) is 4.23. The molecule has 5 nitrogen and oxygen atoms in total. The van der Waals surface area contributed by atoms with Crippen LogP contribution in [0.5, 0.6) is 0 Å². The van der Waals surface area contributed by atoms with Gasteiger partial charge in [0.1, 0.15) is 6.54 Å². The van der Waals surface area contributed by atoms with E-state index in [4.69, 9.17) is 0 Å². The van der Waals surface area contributed by atoms with Crippen molar-refractivity contribution < 1.29 is 9.59 Å². The van der Waals surface area contributed by atoms with Crippen molar-refractivity contribution in [3.05, 3.63) is 59.2 Å². The van der Waals surface area contributed by atoms with Crippen LogP contribution in [0.3, 0.4) is 0 Å². The number of hydrogen-bond donors (Lipinski definition) is 2. The number of carbonyl (C=O) groups is 2. The van der Waals surface area contributed by atoms with Gasteiger partial charge >= 0.3 is 0 Å². The number of amides is 2. The van der Waals surface area contributed by atoms with E-state index in [-0.39, 0.29) is 18.4 Å². The van der Waals surface area contributed by atoms with Crippen molar-refractivity contribution in [2.45, 2.75) is 13.5 Å². The summed E-state index contributed by atoms with van der Waals surface area (Å²) in [5.74, 6) is -0.282. The lowest BCUT2D eigenvalue weighted by Gasteiger charge is -2.09. The summed E-state index contributed by atoms with van der Waals surface area (Å²) in [4.78, 5) is 23.4. The van der Waals surface area contributed by atoms with Gasteiger partial charge in [-0.1, -0.05) is 28.1 Å². The largest absolute Gasteiger partial charge is 0.338 e. The van der Waals surface area contributed by atoms with Crippen LogP contribution >= 0.6 is 15.9 Å². The fraction of sp³-hybridized carbons (Fsp3) is 0.111. The maximum Gasteiger partial charge on any atom is 0.244 e. The van der Waals surface area contributed by atoms with Gasteiger partial charge in [-0.3, -0.25) is 9.59 Å². The zero-order valence-electron chi connectivity index (χ0n) is 13.0. The maximum absolute atomic E-state index is 12.3. The van der Waals surface area contributed by atoms with Crippen LogP contribution < -0.4 is 10.6 Å². The predicted octanol–water partition coefficient (Wildman–Crippen LogP) is 4.00. The van der Waals surface area contributed by atoms with Gasteiger partial charge < -0.3 is 15.2 Å². The highest BCUT2D eigenvalue weighted by molar-refractivity contribution is 9.10. The first-order chi connectivity index (χ1) is 11.5. The Morgan fingerprint density at radius 2 is 1.75 bits per heavy atom. The smallest absolute Gasteiger partial charge is 0.244 e. The molecule has 0 atom stereocenters. The van der Waals surface area contributed by atoms with Crippen molar-refractivity contribution in [2.75, 3.05) is 10.6 Å². The molecule has 0 saturated heterocycles. The van der Waals surface area contributed by atoms with Crippen LogP contribution in [-0.4, -0.2) is 16.4 Å². The Morgan fingerprint density at radius 1 is 1.04 bits per heavy atom. The van der Waals surface area contributed by atoms with Crippen molar-refractivity contribution >= 4 is 50.0 Å². The topological polar surface area (TPSA) is 63.1 Å². The first kappa shape index (κ1) is 16.3. The van der Waals surface area contributed by atoms with Crippen molar-refractivity contribution in [3.8, 4) is 0 Å². The van der Waals surface area contributed by atoms with Gasteiger partial charge in [0.25, 0.3) is 0 Å². The van der Waals surface area contributed by atoms with Gasteiger partial charge in [0, 0.05) is 39.9 Å². The summed E-state index contributed by atoms with van der Waals surface area (Å²) >= 11 is 3.51. The molecule has 0 aliphatic carbocycles. The second-order valence-corrected chi connectivity index (χ2v) is 6.28. The van der Waals surface area contributed by atoms with E-state index in [9.17, 15) is 9.59 Å². The summed E-state index contributed by atoms with van der Waals surface area (Å²) in [6.45, 7) is 1.66. The average molecular weight is 386 g/mol. The van der Waals surface area contributed by atoms with Crippen molar-refractivity contribution in [3.63, 3.8) is 0 Å². The van der Waals surface area contributed by atoms with E-state index in [2.05, 4.69) is 26.6 Å². The lowest BCUT2D eigenvalue weighted by Crippen LogP contribution is -2.18. The highest BCUT2D eigenvalue weighted by atomic mass is 79.9. The molecule has 0 aliphatic heterocycles. The minimum absolute atomic E-state index is 0.132. The molecule has 24 heavy (non-hydrogen) atoms. The molecule has 3 rings (SSSR count). The van der Waals surface area contributed by atoms with Gasteiger partial charge in [-0.15, -0.1) is 0 Å². The van der Waals surface area contributed by atoms with Crippen LogP contribution in [0.4, 0.5) is 11.4 Å². The predicted molar refractivity (Wildman–Crippen MR) is 99.0 cm³/mol. The van der Waals surface area contributed by atoms with Crippen LogP contribution in [0.1, 0.15) is 6.92 Å². The molecular formula is C18H16BrN3O2. The number of hydrogen-bond acceptors (Lipinski definition) is 2. The van der Waals surface area contributed by atoms with Gasteiger partial charge in [0.15, 0.2) is 0 Å². The van der Waals surface area contributed by atoms with Gasteiger partial charge in [-0.05, 0) is 36.4 Å². The molecule has 2 amide bonds. The second kappa shape index (κ2) is 6.88. The highest BCUT2D eigenvalue weighted by Gasteiger charge is 2.08. The number of rotatable bonds is 4. The fourth-order valence-corrected chi connectivity index (χ4v) is 3.04. The quantitative estimate of drug-likeness (QED) is 0.712. The number of fused-ring (bicyclic) bond motifs is 1. The summed E-state index contributed by atoms with van der Waals surface area (Å²) in [6.07, 6.45) is 1.89. The maximum atomic E-state index is 12.3. The molecule has 0 fully saturated rings. The van der Waals surface area contributed by atoms with E-state index in [1.807, 2.05) is 35.0 Å². The van der Waals surface area contributed by atoms with Crippen molar-refractivity contribution in [2.24, 2.45) is 0 Å². The van der Waals surface area contributed by atoms with E-state index in [0.717, 1.165) is 15.4 Å². The van der Waals surface area contributed by atoms with Crippen LogP contribution in [0.2, 0.25) is 0 Å². The number of benzene rings is 2. The number of carbonyl (C=O) groups excluding carboxylic acids is 2.